The van der Waals surface area contributed by atoms with Crippen molar-refractivity contribution in [1.82, 2.24) is 0 Å². The van der Waals surface area contributed by atoms with Crippen molar-refractivity contribution in [2.45, 2.75) is 13.3 Å². The SMILES string of the molecule is C=C1Cc2cc3ccc4ccccc4c3cc2-c2cc(C)cc[n+]21. The van der Waals surface area contributed by atoms with E-state index in [1.54, 1.807) is 0 Å². The van der Waals surface area contributed by atoms with Crippen LogP contribution in [-0.4, -0.2) is 0 Å². The quantitative estimate of drug-likeness (QED) is 0.307. The average Bonchev–Trinajstić information content (AvgIpc) is 2.60. The van der Waals surface area contributed by atoms with Crippen molar-refractivity contribution in [3.05, 3.63) is 84.6 Å². The Morgan fingerprint density at radius 3 is 2.62 bits per heavy atom. The topological polar surface area (TPSA) is 3.88 Å². The largest absolute Gasteiger partial charge is 0.218 e. The van der Waals surface area contributed by atoms with Gasteiger partial charge in [0.25, 0.3) is 0 Å². The lowest BCUT2D eigenvalue weighted by atomic mass is 9.90. The van der Waals surface area contributed by atoms with Gasteiger partial charge in [-0.25, -0.2) is 0 Å². The Balaban J connectivity index is 1.91. The molecule has 0 unspecified atom stereocenters. The van der Waals surface area contributed by atoms with Gasteiger partial charge in [0.05, 0.1) is 12.0 Å². The predicted molar refractivity (Wildman–Crippen MR) is 101 cm³/mol. The first-order valence-corrected chi connectivity index (χ1v) is 8.36. The highest BCUT2D eigenvalue weighted by atomic mass is 15.0. The Labute approximate surface area is 141 Å². The highest BCUT2D eigenvalue weighted by molar-refractivity contribution is 6.09. The van der Waals surface area contributed by atoms with Crippen molar-refractivity contribution in [3.63, 3.8) is 0 Å². The number of hydrogen-bond acceptors (Lipinski definition) is 0. The number of nitrogens with zero attached hydrogens (tertiary/aromatic N) is 1. The fourth-order valence-corrected chi connectivity index (χ4v) is 3.88. The number of pyridine rings is 1. The molecule has 0 spiro atoms. The summed E-state index contributed by atoms with van der Waals surface area (Å²) in [4.78, 5) is 0. The van der Waals surface area contributed by atoms with Gasteiger partial charge in [-0.3, -0.25) is 0 Å². The lowest BCUT2D eigenvalue weighted by molar-refractivity contribution is -0.572. The molecule has 1 heteroatoms. The number of hydrogen-bond donors (Lipinski definition) is 0. The van der Waals surface area contributed by atoms with Gasteiger partial charge in [-0.2, -0.15) is 4.57 Å². The summed E-state index contributed by atoms with van der Waals surface area (Å²) >= 11 is 0. The van der Waals surface area contributed by atoms with E-state index in [4.69, 9.17) is 0 Å². The van der Waals surface area contributed by atoms with Crippen molar-refractivity contribution in [1.29, 1.82) is 0 Å². The van der Waals surface area contributed by atoms with E-state index in [0.29, 0.717) is 0 Å². The third kappa shape index (κ3) is 1.85. The van der Waals surface area contributed by atoms with Gasteiger partial charge in [0, 0.05) is 12.1 Å². The first kappa shape index (κ1) is 13.5. The minimum atomic E-state index is 0.902. The summed E-state index contributed by atoms with van der Waals surface area (Å²) in [5.41, 5.74) is 6.36. The highest BCUT2D eigenvalue weighted by Gasteiger charge is 2.26. The van der Waals surface area contributed by atoms with Crippen LogP contribution < -0.4 is 4.57 Å². The maximum absolute atomic E-state index is 4.28. The van der Waals surface area contributed by atoms with E-state index in [2.05, 4.69) is 84.9 Å². The fraction of sp³-hybridized carbons (Fsp3) is 0.0870. The van der Waals surface area contributed by atoms with Gasteiger partial charge in [-0.15, -0.1) is 0 Å². The Bertz CT molecular complexity index is 1150. The van der Waals surface area contributed by atoms with Crippen LogP contribution in [0.3, 0.4) is 0 Å². The van der Waals surface area contributed by atoms with E-state index in [9.17, 15) is 0 Å². The molecule has 114 valence electrons. The van der Waals surface area contributed by atoms with E-state index < -0.39 is 0 Å². The van der Waals surface area contributed by atoms with Crippen molar-refractivity contribution in [2.24, 2.45) is 0 Å². The van der Waals surface area contributed by atoms with Crippen LogP contribution in [0.1, 0.15) is 11.1 Å². The summed E-state index contributed by atoms with van der Waals surface area (Å²) in [5.74, 6) is 0. The van der Waals surface area contributed by atoms with Crippen molar-refractivity contribution in [3.8, 4) is 11.3 Å². The molecule has 1 aliphatic rings. The van der Waals surface area contributed by atoms with Crippen LogP contribution >= 0.6 is 0 Å². The molecule has 0 saturated heterocycles. The molecular weight excluding hydrogens is 290 g/mol. The summed E-state index contributed by atoms with van der Waals surface area (Å²) in [6, 6.07) is 22.2. The maximum Gasteiger partial charge on any atom is 0.218 e. The molecular formula is C23H18N+. The van der Waals surface area contributed by atoms with Gasteiger partial charge in [0.1, 0.15) is 0 Å². The summed E-state index contributed by atoms with van der Waals surface area (Å²) in [6.07, 6.45) is 3.04. The monoisotopic (exact) mass is 308 g/mol. The zero-order valence-electron chi connectivity index (χ0n) is 13.7. The van der Waals surface area contributed by atoms with Crippen molar-refractivity contribution >= 4 is 27.2 Å². The zero-order chi connectivity index (χ0) is 16.3. The van der Waals surface area contributed by atoms with Gasteiger partial charge in [-0.1, -0.05) is 36.4 Å². The Hall–Kier alpha value is -2.93. The molecule has 0 saturated carbocycles. The number of aromatic nitrogens is 1. The minimum Gasteiger partial charge on any atom is -0.164 e. The molecule has 2 heterocycles. The van der Waals surface area contributed by atoms with Gasteiger partial charge in [0.15, 0.2) is 11.9 Å². The van der Waals surface area contributed by atoms with E-state index in [-0.39, 0.29) is 0 Å². The summed E-state index contributed by atoms with van der Waals surface area (Å²) in [6.45, 7) is 6.42. The third-order valence-electron chi connectivity index (χ3n) is 5.09. The van der Waals surface area contributed by atoms with E-state index in [1.165, 1.54) is 43.9 Å². The molecule has 0 fully saturated rings. The standard InChI is InChI=1S/C23H18N/c1-15-9-10-24-16(2)12-19-13-18-8-7-17-5-3-4-6-20(17)21(18)14-22(19)23(24)11-15/h3-11,13-14H,2,12H2,1H3/q+1. The number of benzene rings is 3. The second-order valence-corrected chi connectivity index (χ2v) is 6.72. The number of allylic oxidation sites excluding steroid dienone is 1. The molecule has 5 rings (SSSR count). The fourth-order valence-electron chi connectivity index (χ4n) is 3.88. The molecule has 0 atom stereocenters. The lowest BCUT2D eigenvalue weighted by Crippen LogP contribution is -2.38. The molecule has 3 aromatic carbocycles. The van der Waals surface area contributed by atoms with Crippen LogP contribution in [0.2, 0.25) is 0 Å². The van der Waals surface area contributed by atoms with E-state index in [0.717, 1.165) is 12.1 Å². The third-order valence-corrected chi connectivity index (χ3v) is 5.09. The van der Waals surface area contributed by atoms with Gasteiger partial charge >= 0.3 is 0 Å². The van der Waals surface area contributed by atoms with Crippen molar-refractivity contribution in [2.75, 3.05) is 0 Å². The number of aryl methyl sites for hydroxylation is 1. The second-order valence-electron chi connectivity index (χ2n) is 6.72. The molecule has 24 heavy (non-hydrogen) atoms. The van der Waals surface area contributed by atoms with E-state index in [1.807, 2.05) is 0 Å². The lowest BCUT2D eigenvalue weighted by Gasteiger charge is -2.17. The predicted octanol–water partition coefficient (Wildman–Crippen LogP) is 5.28. The Kier molecular flexibility index (Phi) is 2.69. The first-order valence-electron chi connectivity index (χ1n) is 8.36. The molecule has 1 aromatic heterocycles. The van der Waals surface area contributed by atoms with Crippen LogP contribution in [0.25, 0.3) is 38.5 Å². The van der Waals surface area contributed by atoms with Gasteiger partial charge < -0.3 is 0 Å². The molecule has 0 radical (unpaired) electrons. The zero-order valence-corrected chi connectivity index (χ0v) is 13.7. The molecule has 4 aromatic rings. The van der Waals surface area contributed by atoms with Gasteiger partial charge in [0.2, 0.25) is 5.69 Å². The average molecular weight is 308 g/mol. The van der Waals surface area contributed by atoms with E-state index >= 15 is 0 Å². The minimum absolute atomic E-state index is 0.902. The maximum atomic E-state index is 4.28. The van der Waals surface area contributed by atoms with Gasteiger partial charge in [-0.05, 0) is 58.3 Å². The molecule has 0 N–H and O–H groups in total. The molecule has 0 amide bonds. The van der Waals surface area contributed by atoms with Crippen LogP contribution in [0.4, 0.5) is 0 Å². The molecule has 1 aliphatic heterocycles. The number of fused-ring (bicyclic) bond motifs is 6. The van der Waals surface area contributed by atoms with Crippen molar-refractivity contribution < 1.29 is 4.57 Å². The Morgan fingerprint density at radius 1 is 0.875 bits per heavy atom. The Morgan fingerprint density at radius 2 is 1.71 bits per heavy atom. The summed E-state index contributed by atoms with van der Waals surface area (Å²) in [5, 5.41) is 5.25. The number of rotatable bonds is 0. The molecule has 0 aliphatic carbocycles. The van der Waals surface area contributed by atoms with Crippen LogP contribution in [0.15, 0.2) is 73.4 Å². The van der Waals surface area contributed by atoms with Crippen LogP contribution in [0.5, 0.6) is 0 Å². The normalized spacial score (nSPS) is 13.1. The molecule has 1 nitrogen and oxygen atoms in total. The molecule has 0 bridgehead atoms. The second kappa shape index (κ2) is 4.78. The van der Waals surface area contributed by atoms with Crippen LogP contribution in [0, 0.1) is 6.92 Å². The first-order chi connectivity index (χ1) is 11.7. The highest BCUT2D eigenvalue weighted by Crippen LogP contribution is 2.35. The summed E-state index contributed by atoms with van der Waals surface area (Å²) < 4.78 is 2.23. The summed E-state index contributed by atoms with van der Waals surface area (Å²) in [7, 11) is 0. The van der Waals surface area contributed by atoms with Crippen LogP contribution in [-0.2, 0) is 6.42 Å². The smallest absolute Gasteiger partial charge is 0.164 e.